The van der Waals surface area contributed by atoms with Gasteiger partial charge in [0.15, 0.2) is 5.15 Å². The van der Waals surface area contributed by atoms with E-state index in [1.165, 1.54) is 16.7 Å². The molecule has 0 spiro atoms. The van der Waals surface area contributed by atoms with Crippen LogP contribution in [0.4, 0.5) is 0 Å². The van der Waals surface area contributed by atoms with E-state index < -0.39 is 5.60 Å². The number of rotatable bonds is 6. The van der Waals surface area contributed by atoms with Gasteiger partial charge in [0.05, 0.1) is 11.9 Å². The van der Waals surface area contributed by atoms with Crippen LogP contribution in [0.2, 0.25) is 5.15 Å². The van der Waals surface area contributed by atoms with Crippen LogP contribution in [0.1, 0.15) is 63.8 Å². The van der Waals surface area contributed by atoms with E-state index >= 15 is 0 Å². The van der Waals surface area contributed by atoms with Gasteiger partial charge in [-0.25, -0.2) is 0 Å². The fourth-order valence-corrected chi connectivity index (χ4v) is 5.29. The molecular formula is C29H34ClN5O3. The Morgan fingerprint density at radius 1 is 1.21 bits per heavy atom. The Labute approximate surface area is 227 Å². The molecule has 200 valence electrons. The lowest BCUT2D eigenvalue weighted by molar-refractivity contribution is -0.155. The summed E-state index contributed by atoms with van der Waals surface area (Å²) < 4.78 is 13.0. The molecule has 2 aromatic carbocycles. The van der Waals surface area contributed by atoms with E-state index in [1.54, 1.807) is 0 Å². The van der Waals surface area contributed by atoms with Gasteiger partial charge >= 0.3 is 5.97 Å². The molecule has 0 saturated heterocycles. The summed E-state index contributed by atoms with van der Waals surface area (Å²) in [4.78, 5) is 19.2. The van der Waals surface area contributed by atoms with E-state index in [0.29, 0.717) is 29.8 Å². The van der Waals surface area contributed by atoms with Gasteiger partial charge in [-0.3, -0.25) is 14.4 Å². The fraction of sp³-hybridized carbons (Fsp3) is 0.448. The Morgan fingerprint density at radius 2 is 2.00 bits per heavy atom. The van der Waals surface area contributed by atoms with Gasteiger partial charge in [0, 0.05) is 42.2 Å². The summed E-state index contributed by atoms with van der Waals surface area (Å²) in [5.41, 5.74) is 6.04. The number of halogens is 1. The van der Waals surface area contributed by atoms with Gasteiger partial charge in [-0.1, -0.05) is 28.9 Å². The number of nitrogens with zero attached hydrogens (tertiary/aromatic N) is 5. The van der Waals surface area contributed by atoms with E-state index in [9.17, 15) is 4.79 Å². The van der Waals surface area contributed by atoms with Crippen LogP contribution >= 0.6 is 11.6 Å². The van der Waals surface area contributed by atoms with E-state index in [0.717, 1.165) is 41.5 Å². The van der Waals surface area contributed by atoms with Crippen LogP contribution in [0.25, 0.3) is 33.7 Å². The van der Waals surface area contributed by atoms with Crippen molar-refractivity contribution in [2.45, 2.75) is 72.6 Å². The number of esters is 1. The van der Waals surface area contributed by atoms with E-state index in [-0.39, 0.29) is 12.0 Å². The Kier molecular flexibility index (Phi) is 7.05. The van der Waals surface area contributed by atoms with E-state index in [4.69, 9.17) is 25.8 Å². The maximum Gasteiger partial charge on any atom is 0.307 e. The molecule has 1 aliphatic heterocycles. The SMILES string of the molecule is Cc1c(-c2noc(-c3ccc4c(c3)c(Cl)nn4C(C)C)n2)ccc2c1CCN(CCC(=O)OC(C)(C)C)C2. The van der Waals surface area contributed by atoms with E-state index in [1.807, 2.05) is 43.7 Å². The third kappa shape index (κ3) is 5.33. The zero-order valence-electron chi connectivity index (χ0n) is 22.8. The molecule has 0 N–H and O–H groups in total. The smallest absolute Gasteiger partial charge is 0.307 e. The van der Waals surface area contributed by atoms with E-state index in [2.05, 4.69) is 48.1 Å². The Morgan fingerprint density at radius 3 is 2.74 bits per heavy atom. The van der Waals surface area contributed by atoms with Gasteiger partial charge in [-0.2, -0.15) is 10.1 Å². The van der Waals surface area contributed by atoms with Crippen LogP contribution in [-0.4, -0.2) is 49.5 Å². The van der Waals surface area contributed by atoms with Crippen molar-refractivity contribution in [2.24, 2.45) is 0 Å². The van der Waals surface area contributed by atoms with Crippen molar-refractivity contribution in [1.29, 1.82) is 0 Å². The Balaban J connectivity index is 1.33. The van der Waals surface area contributed by atoms with Crippen molar-refractivity contribution < 1.29 is 14.1 Å². The molecule has 9 heteroatoms. The first kappa shape index (κ1) is 26.4. The summed E-state index contributed by atoms with van der Waals surface area (Å²) in [5.74, 6) is 0.857. The highest BCUT2D eigenvalue weighted by Crippen LogP contribution is 2.33. The standard InChI is InChI=1S/C29H34ClN5O3/c1-17(2)35-24-10-8-19(15-23(24)26(30)32-35)28-31-27(33-38-28)22-9-7-20-16-34(13-11-21(20)18(22)3)14-12-25(36)37-29(4,5)6/h7-10,15,17H,11-14,16H2,1-6H3. The summed E-state index contributed by atoms with van der Waals surface area (Å²) in [7, 11) is 0. The molecular weight excluding hydrogens is 502 g/mol. The van der Waals surface area contributed by atoms with Crippen molar-refractivity contribution in [2.75, 3.05) is 13.1 Å². The number of hydrogen-bond donors (Lipinski definition) is 0. The minimum absolute atomic E-state index is 0.155. The molecule has 0 atom stereocenters. The fourth-order valence-electron chi connectivity index (χ4n) is 5.05. The van der Waals surface area contributed by atoms with Crippen molar-refractivity contribution in [3.8, 4) is 22.8 Å². The molecule has 2 aromatic heterocycles. The van der Waals surface area contributed by atoms with Gasteiger partial charge < -0.3 is 9.26 Å². The minimum Gasteiger partial charge on any atom is -0.460 e. The largest absolute Gasteiger partial charge is 0.460 e. The second kappa shape index (κ2) is 10.2. The van der Waals surface area contributed by atoms with Crippen LogP contribution in [0.5, 0.6) is 0 Å². The predicted molar refractivity (Wildman–Crippen MR) is 148 cm³/mol. The van der Waals surface area contributed by atoms with Gasteiger partial charge in [0.2, 0.25) is 5.82 Å². The number of carbonyl (C=O) groups is 1. The van der Waals surface area contributed by atoms with Crippen molar-refractivity contribution in [1.82, 2.24) is 24.8 Å². The predicted octanol–water partition coefficient (Wildman–Crippen LogP) is 6.39. The lowest BCUT2D eigenvalue weighted by Crippen LogP contribution is -2.34. The maximum absolute atomic E-state index is 12.1. The zero-order chi connectivity index (χ0) is 27.2. The summed E-state index contributed by atoms with van der Waals surface area (Å²) in [6, 6.07) is 10.3. The average molecular weight is 536 g/mol. The molecule has 8 nitrogen and oxygen atoms in total. The molecule has 0 aliphatic carbocycles. The summed E-state index contributed by atoms with van der Waals surface area (Å²) >= 11 is 6.42. The van der Waals surface area contributed by atoms with Crippen LogP contribution in [0.15, 0.2) is 34.9 Å². The first-order valence-corrected chi connectivity index (χ1v) is 13.5. The van der Waals surface area contributed by atoms with Gasteiger partial charge in [-0.15, -0.1) is 0 Å². The van der Waals surface area contributed by atoms with Crippen LogP contribution in [0.3, 0.4) is 0 Å². The molecule has 3 heterocycles. The molecule has 0 radical (unpaired) electrons. The molecule has 38 heavy (non-hydrogen) atoms. The molecule has 0 unspecified atom stereocenters. The number of fused-ring (bicyclic) bond motifs is 2. The minimum atomic E-state index is -0.453. The Hall–Kier alpha value is -3.23. The average Bonchev–Trinajstić information content (AvgIpc) is 3.47. The van der Waals surface area contributed by atoms with Crippen molar-refractivity contribution >= 4 is 28.5 Å². The van der Waals surface area contributed by atoms with Crippen LogP contribution in [0, 0.1) is 6.92 Å². The number of ether oxygens (including phenoxy) is 1. The molecule has 0 bridgehead atoms. The highest BCUT2D eigenvalue weighted by atomic mass is 35.5. The van der Waals surface area contributed by atoms with Gasteiger partial charge in [0.1, 0.15) is 5.60 Å². The topological polar surface area (TPSA) is 86.3 Å². The summed E-state index contributed by atoms with van der Waals surface area (Å²) in [6.07, 6.45) is 1.30. The third-order valence-electron chi connectivity index (χ3n) is 6.88. The monoisotopic (exact) mass is 535 g/mol. The van der Waals surface area contributed by atoms with Crippen LogP contribution in [-0.2, 0) is 22.5 Å². The number of hydrogen-bond acceptors (Lipinski definition) is 7. The van der Waals surface area contributed by atoms with Gasteiger partial charge in [0.25, 0.3) is 5.89 Å². The zero-order valence-corrected chi connectivity index (χ0v) is 23.6. The highest BCUT2D eigenvalue weighted by Gasteiger charge is 2.23. The normalized spacial score (nSPS) is 14.3. The quantitative estimate of drug-likeness (QED) is 0.264. The summed E-state index contributed by atoms with van der Waals surface area (Å²) in [5, 5.41) is 10.1. The lowest BCUT2D eigenvalue weighted by atomic mass is 9.91. The molecule has 0 fully saturated rings. The highest BCUT2D eigenvalue weighted by molar-refractivity contribution is 6.34. The first-order chi connectivity index (χ1) is 18.0. The Bertz CT molecular complexity index is 1500. The van der Waals surface area contributed by atoms with Crippen molar-refractivity contribution in [3.05, 3.63) is 52.2 Å². The number of benzene rings is 2. The molecule has 4 aromatic rings. The summed E-state index contributed by atoms with van der Waals surface area (Å²) in [6.45, 7) is 14.3. The molecule has 1 aliphatic rings. The number of carbonyl (C=O) groups excluding carboxylic acids is 1. The molecule has 0 saturated carbocycles. The third-order valence-corrected chi connectivity index (χ3v) is 7.16. The number of aromatic nitrogens is 4. The lowest BCUT2D eigenvalue weighted by Gasteiger charge is -2.30. The molecule has 0 amide bonds. The second-order valence-electron chi connectivity index (χ2n) is 11.2. The molecule has 5 rings (SSSR count). The second-order valence-corrected chi connectivity index (χ2v) is 11.6. The van der Waals surface area contributed by atoms with Gasteiger partial charge in [-0.05, 0) is 82.9 Å². The first-order valence-electron chi connectivity index (χ1n) is 13.1. The van der Waals surface area contributed by atoms with Crippen LogP contribution < -0.4 is 0 Å². The maximum atomic E-state index is 12.1. The van der Waals surface area contributed by atoms with Crippen molar-refractivity contribution in [3.63, 3.8) is 0 Å².